The Balaban J connectivity index is 2.13. The number of imidazole rings is 1. The lowest BCUT2D eigenvalue weighted by atomic mass is 10.2. The van der Waals surface area contributed by atoms with Crippen molar-refractivity contribution in [3.8, 4) is 0 Å². The summed E-state index contributed by atoms with van der Waals surface area (Å²) in [6.45, 7) is 0. The highest BCUT2D eigenvalue weighted by Gasteiger charge is 2.15. The molecular formula is C16H15N5O4. The fourth-order valence-corrected chi connectivity index (χ4v) is 2.60. The molecule has 2 heterocycles. The van der Waals surface area contributed by atoms with E-state index in [4.69, 9.17) is 0 Å². The largest absolute Gasteiger partial charge is 0.332 e. The summed E-state index contributed by atoms with van der Waals surface area (Å²) in [7, 11) is 4.63. The van der Waals surface area contributed by atoms with Crippen molar-refractivity contribution in [2.75, 3.05) is 0 Å². The predicted octanol–water partition coefficient (Wildman–Crippen LogP) is 1.05. The van der Waals surface area contributed by atoms with Gasteiger partial charge in [-0.15, -0.1) is 0 Å². The monoisotopic (exact) mass is 341 g/mol. The Morgan fingerprint density at radius 2 is 1.80 bits per heavy atom. The van der Waals surface area contributed by atoms with Crippen molar-refractivity contribution >= 4 is 29.0 Å². The van der Waals surface area contributed by atoms with E-state index in [0.29, 0.717) is 16.9 Å². The average molecular weight is 341 g/mol. The molecule has 0 atom stereocenters. The molecule has 0 aliphatic carbocycles. The van der Waals surface area contributed by atoms with Gasteiger partial charge in [0.1, 0.15) is 5.82 Å². The molecule has 3 rings (SSSR count). The van der Waals surface area contributed by atoms with E-state index in [1.54, 1.807) is 42.9 Å². The molecule has 25 heavy (non-hydrogen) atoms. The summed E-state index contributed by atoms with van der Waals surface area (Å²) in [5, 5.41) is 10.8. The Kier molecular flexibility index (Phi) is 3.84. The van der Waals surface area contributed by atoms with Crippen molar-refractivity contribution in [1.82, 2.24) is 18.7 Å². The summed E-state index contributed by atoms with van der Waals surface area (Å²) in [5.74, 6) is 0.458. The second kappa shape index (κ2) is 5.86. The lowest BCUT2D eigenvalue weighted by Gasteiger charge is -2.03. The van der Waals surface area contributed by atoms with Crippen LogP contribution in [-0.4, -0.2) is 23.6 Å². The van der Waals surface area contributed by atoms with Gasteiger partial charge in [-0.05, 0) is 11.6 Å². The topological polar surface area (TPSA) is 105 Å². The summed E-state index contributed by atoms with van der Waals surface area (Å²) in [5.41, 5.74) is 0.331. The minimum atomic E-state index is -0.466. The van der Waals surface area contributed by atoms with Gasteiger partial charge in [0, 0.05) is 33.3 Å². The molecule has 2 aromatic heterocycles. The summed E-state index contributed by atoms with van der Waals surface area (Å²) in [4.78, 5) is 39.0. The molecule has 0 aliphatic rings. The van der Waals surface area contributed by atoms with Crippen LogP contribution in [0.5, 0.6) is 0 Å². The normalized spacial score (nSPS) is 11.5. The van der Waals surface area contributed by atoms with Gasteiger partial charge in [0.25, 0.3) is 11.2 Å². The molecule has 0 unspecified atom stereocenters. The molecule has 9 nitrogen and oxygen atoms in total. The van der Waals surface area contributed by atoms with Gasteiger partial charge >= 0.3 is 5.69 Å². The highest BCUT2D eigenvalue weighted by atomic mass is 16.6. The van der Waals surface area contributed by atoms with Gasteiger partial charge < -0.3 is 4.57 Å². The van der Waals surface area contributed by atoms with Gasteiger partial charge in [-0.25, -0.2) is 9.78 Å². The number of aromatic nitrogens is 4. The standard InChI is InChI=1S/C16H15N5O4/c1-18-12(8-7-10-5-4-6-11(9-10)21(24)25)17-14-13(18)15(22)20(3)16(23)19(14)2/h4-9H,1-3H3/b8-7+. The minimum Gasteiger partial charge on any atom is -0.322 e. The second-order valence-corrected chi connectivity index (χ2v) is 5.59. The quantitative estimate of drug-likeness (QED) is 0.523. The minimum absolute atomic E-state index is 0.0107. The van der Waals surface area contributed by atoms with E-state index in [1.807, 2.05) is 0 Å². The molecule has 0 saturated heterocycles. The van der Waals surface area contributed by atoms with Crippen molar-refractivity contribution in [3.05, 3.63) is 66.6 Å². The molecule has 0 radical (unpaired) electrons. The number of hydrogen-bond donors (Lipinski definition) is 0. The van der Waals surface area contributed by atoms with E-state index in [1.165, 1.54) is 23.7 Å². The van der Waals surface area contributed by atoms with Gasteiger partial charge in [0.15, 0.2) is 11.2 Å². The zero-order chi connectivity index (χ0) is 18.3. The van der Waals surface area contributed by atoms with E-state index < -0.39 is 16.2 Å². The Morgan fingerprint density at radius 3 is 2.48 bits per heavy atom. The van der Waals surface area contributed by atoms with E-state index in [2.05, 4.69) is 4.98 Å². The molecule has 0 aliphatic heterocycles. The Bertz CT molecular complexity index is 1150. The van der Waals surface area contributed by atoms with Crippen LogP contribution in [0.3, 0.4) is 0 Å². The number of nitro benzene ring substituents is 1. The average Bonchev–Trinajstić information content (AvgIpc) is 2.93. The van der Waals surface area contributed by atoms with Crippen molar-refractivity contribution in [1.29, 1.82) is 0 Å². The summed E-state index contributed by atoms with van der Waals surface area (Å²) in [6.07, 6.45) is 3.31. The molecular weight excluding hydrogens is 326 g/mol. The molecule has 0 fully saturated rings. The highest BCUT2D eigenvalue weighted by Crippen LogP contribution is 2.16. The van der Waals surface area contributed by atoms with E-state index in [9.17, 15) is 19.7 Å². The summed E-state index contributed by atoms with van der Waals surface area (Å²) in [6, 6.07) is 6.16. The first-order valence-electron chi connectivity index (χ1n) is 7.36. The van der Waals surface area contributed by atoms with Gasteiger partial charge in [0.2, 0.25) is 0 Å². The van der Waals surface area contributed by atoms with Gasteiger partial charge in [0.05, 0.1) is 4.92 Å². The molecule has 0 saturated carbocycles. The molecule has 0 spiro atoms. The number of aryl methyl sites for hydroxylation is 2. The fraction of sp³-hybridized carbons (Fsp3) is 0.188. The maximum atomic E-state index is 12.3. The molecule has 0 amide bonds. The first-order chi connectivity index (χ1) is 11.8. The lowest BCUT2D eigenvalue weighted by Crippen LogP contribution is -2.37. The smallest absolute Gasteiger partial charge is 0.322 e. The molecule has 3 aromatic rings. The van der Waals surface area contributed by atoms with Crippen LogP contribution in [0.25, 0.3) is 23.3 Å². The summed E-state index contributed by atoms with van der Waals surface area (Å²) >= 11 is 0. The summed E-state index contributed by atoms with van der Waals surface area (Å²) < 4.78 is 3.92. The zero-order valence-corrected chi connectivity index (χ0v) is 13.8. The fourth-order valence-electron chi connectivity index (χ4n) is 2.60. The maximum Gasteiger partial charge on any atom is 0.332 e. The number of hydrogen-bond acceptors (Lipinski definition) is 5. The van der Waals surface area contributed by atoms with Crippen molar-refractivity contribution in [2.45, 2.75) is 0 Å². The number of rotatable bonds is 3. The van der Waals surface area contributed by atoms with Crippen LogP contribution >= 0.6 is 0 Å². The Morgan fingerprint density at radius 1 is 1.08 bits per heavy atom. The van der Waals surface area contributed by atoms with Crippen molar-refractivity contribution in [3.63, 3.8) is 0 Å². The van der Waals surface area contributed by atoms with Crippen LogP contribution in [0, 0.1) is 10.1 Å². The van der Waals surface area contributed by atoms with Crippen molar-refractivity contribution in [2.24, 2.45) is 21.1 Å². The third kappa shape index (κ3) is 2.65. The van der Waals surface area contributed by atoms with E-state index >= 15 is 0 Å². The first kappa shape index (κ1) is 16.4. The zero-order valence-electron chi connectivity index (χ0n) is 13.8. The third-order valence-corrected chi connectivity index (χ3v) is 4.02. The number of benzene rings is 1. The second-order valence-electron chi connectivity index (χ2n) is 5.59. The molecule has 9 heteroatoms. The lowest BCUT2D eigenvalue weighted by molar-refractivity contribution is -0.384. The van der Waals surface area contributed by atoms with Crippen LogP contribution in [-0.2, 0) is 21.1 Å². The SMILES string of the molecule is Cn1c(=O)c2c(nc(/C=C/c3cccc([N+](=O)[O-])c3)n2C)n(C)c1=O. The Hall–Kier alpha value is -3.49. The Labute approximate surface area is 141 Å². The number of non-ortho nitro benzene ring substituents is 1. The molecule has 128 valence electrons. The first-order valence-corrected chi connectivity index (χ1v) is 7.36. The van der Waals surface area contributed by atoms with Crippen LogP contribution in [0.4, 0.5) is 5.69 Å². The predicted molar refractivity (Wildman–Crippen MR) is 93.2 cm³/mol. The van der Waals surface area contributed by atoms with Crippen LogP contribution in [0.2, 0.25) is 0 Å². The number of nitro groups is 1. The number of nitrogens with zero attached hydrogens (tertiary/aromatic N) is 5. The van der Waals surface area contributed by atoms with E-state index in [-0.39, 0.29) is 11.3 Å². The van der Waals surface area contributed by atoms with Crippen molar-refractivity contribution < 1.29 is 4.92 Å². The molecule has 0 N–H and O–H groups in total. The molecule has 0 bridgehead atoms. The highest BCUT2D eigenvalue weighted by molar-refractivity contribution is 5.76. The maximum absolute atomic E-state index is 12.3. The van der Waals surface area contributed by atoms with Crippen LogP contribution < -0.4 is 11.2 Å². The van der Waals surface area contributed by atoms with Crippen LogP contribution in [0.15, 0.2) is 33.9 Å². The van der Waals surface area contributed by atoms with Gasteiger partial charge in [-0.2, -0.15) is 0 Å². The van der Waals surface area contributed by atoms with Crippen LogP contribution in [0.1, 0.15) is 11.4 Å². The molecule has 1 aromatic carbocycles. The van der Waals surface area contributed by atoms with Gasteiger partial charge in [-0.3, -0.25) is 24.0 Å². The number of fused-ring (bicyclic) bond motifs is 1. The van der Waals surface area contributed by atoms with Gasteiger partial charge in [-0.1, -0.05) is 18.2 Å². The third-order valence-electron chi connectivity index (χ3n) is 4.02. The van der Waals surface area contributed by atoms with E-state index in [0.717, 1.165) is 4.57 Å².